The number of hydrogen-bond acceptors (Lipinski definition) is 3. The van der Waals surface area contributed by atoms with Crippen LogP contribution in [0.15, 0.2) is 12.1 Å². The molecule has 0 saturated carbocycles. The summed E-state index contributed by atoms with van der Waals surface area (Å²) >= 11 is 7.45. The zero-order chi connectivity index (χ0) is 11.5. The molecule has 0 aliphatic carbocycles. The predicted octanol–water partition coefficient (Wildman–Crippen LogP) is 2.86. The number of thiophene rings is 1. The molecular formula is C11H19ClN2S. The van der Waals surface area contributed by atoms with Gasteiger partial charge in [-0.1, -0.05) is 32.4 Å². The minimum Gasteiger partial charge on any atom is -0.326 e. The van der Waals surface area contributed by atoms with E-state index in [1.165, 1.54) is 4.88 Å². The lowest BCUT2D eigenvalue weighted by molar-refractivity contribution is 0.309. The molecule has 1 rings (SSSR count). The van der Waals surface area contributed by atoms with Crippen molar-refractivity contribution in [3.63, 3.8) is 0 Å². The highest BCUT2D eigenvalue weighted by Gasteiger charge is 2.19. The largest absolute Gasteiger partial charge is 0.326 e. The Balaban J connectivity index is 2.28. The third kappa shape index (κ3) is 4.51. The van der Waals surface area contributed by atoms with Crippen LogP contribution < -0.4 is 11.1 Å². The summed E-state index contributed by atoms with van der Waals surface area (Å²) in [5.41, 5.74) is 6.19. The van der Waals surface area contributed by atoms with Crippen LogP contribution in [0.1, 0.15) is 25.6 Å². The van der Waals surface area contributed by atoms with E-state index in [1.807, 2.05) is 12.1 Å². The normalized spacial score (nSPS) is 14.2. The predicted molar refractivity (Wildman–Crippen MR) is 68.5 cm³/mol. The fourth-order valence-electron chi connectivity index (χ4n) is 1.10. The van der Waals surface area contributed by atoms with Gasteiger partial charge in [0.25, 0.3) is 0 Å². The van der Waals surface area contributed by atoms with E-state index in [-0.39, 0.29) is 11.5 Å². The molecule has 0 fully saturated rings. The standard InChI is InChI=1S/C11H19ClN2S/c1-11(2,3)9(13)7-14-6-8-4-5-10(12)15-8/h4-5,9,14H,6-7,13H2,1-3H3. The van der Waals surface area contributed by atoms with Gasteiger partial charge >= 0.3 is 0 Å². The zero-order valence-electron chi connectivity index (χ0n) is 9.51. The molecule has 0 radical (unpaired) electrons. The van der Waals surface area contributed by atoms with Crippen LogP contribution in [0.3, 0.4) is 0 Å². The average molecular weight is 247 g/mol. The van der Waals surface area contributed by atoms with Crippen LogP contribution >= 0.6 is 22.9 Å². The van der Waals surface area contributed by atoms with Crippen LogP contribution in [0.5, 0.6) is 0 Å². The maximum atomic E-state index is 6.03. The lowest BCUT2D eigenvalue weighted by Crippen LogP contribution is -2.43. The van der Waals surface area contributed by atoms with Gasteiger partial charge in [-0.3, -0.25) is 0 Å². The Hall–Kier alpha value is -0.0900. The van der Waals surface area contributed by atoms with Gasteiger partial charge in [0.05, 0.1) is 4.34 Å². The van der Waals surface area contributed by atoms with Crippen molar-refractivity contribution < 1.29 is 0 Å². The van der Waals surface area contributed by atoms with E-state index in [9.17, 15) is 0 Å². The molecule has 4 heteroatoms. The first-order valence-corrected chi connectivity index (χ1v) is 6.29. The summed E-state index contributed by atoms with van der Waals surface area (Å²) in [7, 11) is 0. The Morgan fingerprint density at radius 2 is 2.13 bits per heavy atom. The summed E-state index contributed by atoms with van der Waals surface area (Å²) in [4.78, 5) is 1.25. The van der Waals surface area contributed by atoms with Gasteiger partial charge in [-0.15, -0.1) is 11.3 Å². The molecule has 1 aromatic rings. The summed E-state index contributed by atoms with van der Waals surface area (Å²) in [5, 5.41) is 3.35. The Bertz CT molecular complexity index is 304. The molecule has 0 amide bonds. The third-order valence-corrected chi connectivity index (χ3v) is 3.64. The quantitative estimate of drug-likeness (QED) is 0.858. The molecule has 2 nitrogen and oxygen atoms in total. The van der Waals surface area contributed by atoms with E-state index in [0.717, 1.165) is 17.4 Å². The molecule has 0 spiro atoms. The van der Waals surface area contributed by atoms with Crippen molar-refractivity contribution in [2.75, 3.05) is 6.54 Å². The van der Waals surface area contributed by atoms with Crippen LogP contribution in [-0.2, 0) is 6.54 Å². The smallest absolute Gasteiger partial charge is 0.0931 e. The zero-order valence-corrected chi connectivity index (χ0v) is 11.1. The fourth-order valence-corrected chi connectivity index (χ4v) is 2.16. The van der Waals surface area contributed by atoms with Crippen molar-refractivity contribution in [2.45, 2.75) is 33.4 Å². The maximum absolute atomic E-state index is 6.03. The van der Waals surface area contributed by atoms with E-state index in [1.54, 1.807) is 11.3 Å². The van der Waals surface area contributed by atoms with E-state index in [4.69, 9.17) is 17.3 Å². The summed E-state index contributed by atoms with van der Waals surface area (Å²) in [6.07, 6.45) is 0. The first-order chi connectivity index (χ1) is 6.89. The van der Waals surface area contributed by atoms with Gasteiger partial charge in [-0.05, 0) is 17.5 Å². The van der Waals surface area contributed by atoms with Crippen LogP contribution in [0, 0.1) is 5.41 Å². The van der Waals surface area contributed by atoms with Gasteiger partial charge in [0.15, 0.2) is 0 Å². The molecule has 0 bridgehead atoms. The molecule has 1 heterocycles. The molecule has 15 heavy (non-hydrogen) atoms. The van der Waals surface area contributed by atoms with Crippen molar-refractivity contribution in [3.05, 3.63) is 21.3 Å². The minimum atomic E-state index is 0.153. The number of rotatable bonds is 4. The van der Waals surface area contributed by atoms with Crippen molar-refractivity contribution in [1.82, 2.24) is 5.32 Å². The summed E-state index contributed by atoms with van der Waals surface area (Å²) in [5.74, 6) is 0. The Kier molecular flexibility index (Phi) is 4.59. The van der Waals surface area contributed by atoms with Gasteiger partial charge < -0.3 is 11.1 Å². The average Bonchev–Trinajstić information content (AvgIpc) is 2.49. The second-order valence-corrected chi connectivity index (χ2v) is 6.61. The second kappa shape index (κ2) is 5.30. The third-order valence-electron chi connectivity index (χ3n) is 2.40. The molecule has 1 unspecified atom stereocenters. The Labute approximate surface area is 101 Å². The van der Waals surface area contributed by atoms with Crippen LogP contribution in [0.2, 0.25) is 4.34 Å². The van der Waals surface area contributed by atoms with Crippen molar-refractivity contribution in [1.29, 1.82) is 0 Å². The van der Waals surface area contributed by atoms with Gasteiger partial charge in [0.1, 0.15) is 0 Å². The monoisotopic (exact) mass is 246 g/mol. The Morgan fingerprint density at radius 3 is 2.60 bits per heavy atom. The molecule has 1 atom stereocenters. The van der Waals surface area contributed by atoms with E-state index >= 15 is 0 Å². The maximum Gasteiger partial charge on any atom is 0.0931 e. The molecule has 0 aliphatic heterocycles. The highest BCUT2D eigenvalue weighted by atomic mass is 35.5. The minimum absolute atomic E-state index is 0.153. The lowest BCUT2D eigenvalue weighted by Gasteiger charge is -2.27. The highest BCUT2D eigenvalue weighted by molar-refractivity contribution is 7.16. The van der Waals surface area contributed by atoms with Crippen LogP contribution in [0.25, 0.3) is 0 Å². The van der Waals surface area contributed by atoms with Gasteiger partial charge in [-0.25, -0.2) is 0 Å². The molecule has 0 aromatic carbocycles. The second-order valence-electron chi connectivity index (χ2n) is 4.81. The van der Waals surface area contributed by atoms with Crippen LogP contribution in [0.4, 0.5) is 0 Å². The van der Waals surface area contributed by atoms with Crippen molar-refractivity contribution in [2.24, 2.45) is 11.1 Å². The first kappa shape index (κ1) is 13.0. The SMILES string of the molecule is CC(C)(C)C(N)CNCc1ccc(Cl)s1. The van der Waals surface area contributed by atoms with Crippen LogP contribution in [-0.4, -0.2) is 12.6 Å². The molecule has 0 aliphatic rings. The van der Waals surface area contributed by atoms with Gasteiger partial charge in [-0.2, -0.15) is 0 Å². The number of nitrogens with two attached hydrogens (primary N) is 1. The molecule has 1 aromatic heterocycles. The van der Waals surface area contributed by atoms with Crippen molar-refractivity contribution >= 4 is 22.9 Å². The number of nitrogens with one attached hydrogen (secondary N) is 1. The van der Waals surface area contributed by atoms with E-state index < -0.39 is 0 Å². The Morgan fingerprint density at radius 1 is 1.47 bits per heavy atom. The highest BCUT2D eigenvalue weighted by Crippen LogP contribution is 2.21. The lowest BCUT2D eigenvalue weighted by atomic mass is 9.87. The number of halogens is 1. The first-order valence-electron chi connectivity index (χ1n) is 5.10. The molecule has 86 valence electrons. The van der Waals surface area contributed by atoms with Gasteiger partial charge in [0, 0.05) is 24.0 Å². The van der Waals surface area contributed by atoms with E-state index in [0.29, 0.717) is 0 Å². The fraction of sp³-hybridized carbons (Fsp3) is 0.636. The van der Waals surface area contributed by atoms with E-state index in [2.05, 4.69) is 26.1 Å². The molecular weight excluding hydrogens is 228 g/mol. The van der Waals surface area contributed by atoms with Gasteiger partial charge in [0.2, 0.25) is 0 Å². The topological polar surface area (TPSA) is 38.0 Å². The summed E-state index contributed by atoms with van der Waals surface area (Å²) in [6.45, 7) is 8.14. The summed E-state index contributed by atoms with van der Waals surface area (Å²) < 4.78 is 0.840. The van der Waals surface area contributed by atoms with Crippen molar-refractivity contribution in [3.8, 4) is 0 Å². The molecule has 3 N–H and O–H groups in total. The molecule has 0 saturated heterocycles. The number of hydrogen-bond donors (Lipinski definition) is 2. The summed E-state index contributed by atoms with van der Waals surface area (Å²) in [6, 6.07) is 4.14.